The van der Waals surface area contributed by atoms with Crippen LogP contribution >= 0.6 is 0 Å². The van der Waals surface area contributed by atoms with E-state index in [0.29, 0.717) is 11.6 Å². The lowest BCUT2D eigenvalue weighted by molar-refractivity contribution is 0.747. The van der Waals surface area contributed by atoms with Crippen LogP contribution in [0.3, 0.4) is 0 Å². The number of nitrogens with zero attached hydrogens (tertiary/aromatic N) is 8. The maximum Gasteiger partial charge on any atom is 0.178 e. The molecule has 0 amide bonds. The molecule has 5 rings (SSSR count). The van der Waals surface area contributed by atoms with E-state index in [4.69, 9.17) is 0 Å². The topological polar surface area (TPSA) is 87.2 Å². The lowest BCUT2D eigenvalue weighted by Crippen LogP contribution is -2.05. The van der Waals surface area contributed by atoms with Gasteiger partial charge in [-0.05, 0) is 36.4 Å². The predicted molar refractivity (Wildman–Crippen MR) is 86.9 cm³/mol. The number of hydrogen-bond acceptors (Lipinski definition) is 6. The molecule has 24 heavy (non-hydrogen) atoms. The molecule has 0 radical (unpaired) electrons. The molecule has 5 aromatic rings. The Balaban J connectivity index is 1.60. The highest BCUT2D eigenvalue weighted by molar-refractivity contribution is 5.76. The van der Waals surface area contributed by atoms with Crippen molar-refractivity contribution in [3.63, 3.8) is 0 Å². The SMILES string of the molecule is c1ccc2c(c1)nnn2-c1ccc(-n2nnc3ccccc32)nn1. The molecule has 0 aliphatic carbocycles. The lowest BCUT2D eigenvalue weighted by Gasteiger charge is -2.03. The molecule has 0 spiro atoms. The summed E-state index contributed by atoms with van der Waals surface area (Å²) < 4.78 is 3.32. The summed E-state index contributed by atoms with van der Waals surface area (Å²) >= 11 is 0. The van der Waals surface area contributed by atoms with E-state index in [9.17, 15) is 0 Å². The van der Waals surface area contributed by atoms with Crippen LogP contribution in [-0.2, 0) is 0 Å². The third-order valence-electron chi connectivity index (χ3n) is 3.77. The average molecular weight is 314 g/mol. The van der Waals surface area contributed by atoms with Crippen molar-refractivity contribution in [2.75, 3.05) is 0 Å². The van der Waals surface area contributed by atoms with Gasteiger partial charge in [-0.3, -0.25) is 0 Å². The van der Waals surface area contributed by atoms with Gasteiger partial charge in [0.05, 0.1) is 11.0 Å². The summed E-state index contributed by atoms with van der Waals surface area (Å²) in [5.74, 6) is 1.19. The second-order valence-corrected chi connectivity index (χ2v) is 5.23. The minimum absolute atomic E-state index is 0.594. The van der Waals surface area contributed by atoms with Crippen molar-refractivity contribution < 1.29 is 0 Å². The zero-order valence-electron chi connectivity index (χ0n) is 12.4. The van der Waals surface area contributed by atoms with Crippen molar-refractivity contribution in [3.05, 3.63) is 60.7 Å². The van der Waals surface area contributed by atoms with Crippen LogP contribution in [0.4, 0.5) is 0 Å². The smallest absolute Gasteiger partial charge is 0.178 e. The van der Waals surface area contributed by atoms with Crippen molar-refractivity contribution in [2.24, 2.45) is 0 Å². The van der Waals surface area contributed by atoms with Crippen molar-refractivity contribution in [2.45, 2.75) is 0 Å². The fraction of sp³-hybridized carbons (Fsp3) is 0. The van der Waals surface area contributed by atoms with E-state index in [1.165, 1.54) is 0 Å². The maximum absolute atomic E-state index is 4.26. The van der Waals surface area contributed by atoms with Gasteiger partial charge in [0.1, 0.15) is 11.0 Å². The molecular formula is C16H10N8. The maximum atomic E-state index is 4.26. The summed E-state index contributed by atoms with van der Waals surface area (Å²) in [4.78, 5) is 0. The summed E-state index contributed by atoms with van der Waals surface area (Å²) in [5.41, 5.74) is 3.38. The highest BCUT2D eigenvalue weighted by atomic mass is 15.5. The quantitative estimate of drug-likeness (QED) is 0.495. The lowest BCUT2D eigenvalue weighted by atomic mass is 10.3. The van der Waals surface area contributed by atoms with Crippen molar-refractivity contribution in [3.8, 4) is 11.6 Å². The molecule has 0 atom stereocenters. The van der Waals surface area contributed by atoms with Crippen LogP contribution in [0.5, 0.6) is 0 Å². The van der Waals surface area contributed by atoms with Crippen LogP contribution < -0.4 is 0 Å². The molecule has 0 N–H and O–H groups in total. The summed E-state index contributed by atoms with van der Waals surface area (Å²) in [6.45, 7) is 0. The highest BCUT2D eigenvalue weighted by Crippen LogP contribution is 2.16. The Morgan fingerprint density at radius 3 is 1.42 bits per heavy atom. The largest absolute Gasteiger partial charge is 0.193 e. The van der Waals surface area contributed by atoms with Gasteiger partial charge in [0.25, 0.3) is 0 Å². The van der Waals surface area contributed by atoms with Crippen molar-refractivity contribution in [1.82, 2.24) is 40.2 Å². The fourth-order valence-corrected chi connectivity index (χ4v) is 2.62. The van der Waals surface area contributed by atoms with E-state index in [1.807, 2.05) is 60.7 Å². The normalized spacial score (nSPS) is 11.3. The Morgan fingerprint density at radius 2 is 0.958 bits per heavy atom. The zero-order chi connectivity index (χ0) is 15.9. The third-order valence-corrected chi connectivity index (χ3v) is 3.77. The molecular weight excluding hydrogens is 304 g/mol. The third kappa shape index (κ3) is 1.86. The molecule has 8 heteroatoms. The van der Waals surface area contributed by atoms with E-state index in [2.05, 4.69) is 30.8 Å². The van der Waals surface area contributed by atoms with E-state index in [-0.39, 0.29) is 0 Å². The molecule has 0 bridgehead atoms. The first-order valence-electron chi connectivity index (χ1n) is 7.35. The summed E-state index contributed by atoms with van der Waals surface area (Å²) in [6.07, 6.45) is 0. The van der Waals surface area contributed by atoms with E-state index >= 15 is 0 Å². The van der Waals surface area contributed by atoms with Crippen LogP contribution in [0.15, 0.2) is 60.7 Å². The van der Waals surface area contributed by atoms with E-state index < -0.39 is 0 Å². The van der Waals surface area contributed by atoms with Crippen molar-refractivity contribution in [1.29, 1.82) is 0 Å². The van der Waals surface area contributed by atoms with Gasteiger partial charge < -0.3 is 0 Å². The molecule has 0 aliphatic rings. The zero-order valence-corrected chi connectivity index (χ0v) is 12.4. The van der Waals surface area contributed by atoms with Gasteiger partial charge in [-0.2, -0.15) is 9.36 Å². The Kier molecular flexibility index (Phi) is 2.63. The molecule has 0 saturated carbocycles. The first-order valence-corrected chi connectivity index (χ1v) is 7.35. The Bertz CT molecular complexity index is 1060. The fourth-order valence-electron chi connectivity index (χ4n) is 2.62. The van der Waals surface area contributed by atoms with Crippen LogP contribution in [0.1, 0.15) is 0 Å². The monoisotopic (exact) mass is 314 g/mol. The number of aromatic nitrogens is 8. The van der Waals surface area contributed by atoms with Crippen LogP contribution in [-0.4, -0.2) is 40.2 Å². The number of benzene rings is 2. The molecule has 0 unspecified atom stereocenters. The summed E-state index contributed by atoms with van der Waals surface area (Å²) in [7, 11) is 0. The molecule has 8 nitrogen and oxygen atoms in total. The second-order valence-electron chi connectivity index (χ2n) is 5.23. The van der Waals surface area contributed by atoms with Crippen molar-refractivity contribution >= 4 is 22.1 Å². The van der Waals surface area contributed by atoms with E-state index in [0.717, 1.165) is 22.1 Å². The van der Waals surface area contributed by atoms with Crippen LogP contribution in [0.25, 0.3) is 33.7 Å². The van der Waals surface area contributed by atoms with Gasteiger partial charge in [0.15, 0.2) is 11.6 Å². The summed E-state index contributed by atoms with van der Waals surface area (Å²) in [5, 5.41) is 25.0. The molecule has 3 heterocycles. The molecule has 0 fully saturated rings. The average Bonchev–Trinajstić information content (AvgIpc) is 3.26. The number of para-hydroxylation sites is 2. The molecule has 0 aliphatic heterocycles. The Labute approximate surface area is 135 Å². The van der Waals surface area contributed by atoms with E-state index in [1.54, 1.807) is 9.36 Å². The number of hydrogen-bond donors (Lipinski definition) is 0. The number of rotatable bonds is 2. The predicted octanol–water partition coefficient (Wildman–Crippen LogP) is 1.94. The van der Waals surface area contributed by atoms with Crippen LogP contribution in [0, 0.1) is 0 Å². The van der Waals surface area contributed by atoms with Gasteiger partial charge in [0, 0.05) is 0 Å². The minimum atomic E-state index is 0.594. The molecule has 114 valence electrons. The first-order chi connectivity index (χ1) is 11.9. The molecule has 3 aromatic heterocycles. The van der Waals surface area contributed by atoms with Gasteiger partial charge in [0.2, 0.25) is 0 Å². The Hall–Kier alpha value is -3.68. The first kappa shape index (κ1) is 12.8. The second kappa shape index (κ2) is 4.92. The standard InChI is InChI=1S/C16H10N8/c1-3-7-13-11(5-1)17-21-23(13)15-9-10-16(20-19-15)24-14-8-4-2-6-12(14)18-22-24/h1-10H. The Morgan fingerprint density at radius 1 is 0.500 bits per heavy atom. The van der Waals surface area contributed by atoms with Gasteiger partial charge in [-0.25, -0.2) is 0 Å². The highest BCUT2D eigenvalue weighted by Gasteiger charge is 2.10. The molecule has 0 saturated heterocycles. The van der Waals surface area contributed by atoms with Crippen LogP contribution in [0.2, 0.25) is 0 Å². The summed E-state index contributed by atoms with van der Waals surface area (Å²) in [6, 6.07) is 19.1. The van der Waals surface area contributed by atoms with Gasteiger partial charge >= 0.3 is 0 Å². The molecule has 2 aromatic carbocycles. The minimum Gasteiger partial charge on any atom is -0.193 e. The number of fused-ring (bicyclic) bond motifs is 2. The van der Waals surface area contributed by atoms with Gasteiger partial charge in [-0.1, -0.05) is 34.7 Å². The van der Waals surface area contributed by atoms with Gasteiger partial charge in [-0.15, -0.1) is 20.4 Å².